The van der Waals surface area contributed by atoms with Crippen molar-refractivity contribution in [3.8, 4) is 0 Å². The molecule has 1 aliphatic heterocycles. The minimum Gasteiger partial charge on any atom is -0.318 e. The smallest absolute Gasteiger partial charge is 0.0428 e. The monoisotopic (exact) mass is 200 g/mol. The Bertz CT molecular complexity index is 132. The van der Waals surface area contributed by atoms with Crippen LogP contribution >= 0.6 is 0 Å². The highest BCUT2D eigenvalue weighted by atomic mass is 15.1. The minimum absolute atomic E-state index is 0.599. The van der Waals surface area contributed by atoms with E-state index in [1.807, 2.05) is 0 Å². The van der Waals surface area contributed by atoms with Crippen LogP contribution in [0.5, 0.6) is 0 Å². The van der Waals surface area contributed by atoms with Crippen LogP contribution in [0.15, 0.2) is 0 Å². The number of nitrogens with one attached hydrogen (secondary N) is 2. The first-order valence-electron chi connectivity index (χ1n) is 5.67. The summed E-state index contributed by atoms with van der Waals surface area (Å²) in [6.45, 7) is 5.34. The molecule has 0 bridgehead atoms. The summed E-state index contributed by atoms with van der Waals surface area (Å²) in [5, 5.41) is 6.49. The van der Waals surface area contributed by atoms with Gasteiger partial charge in [-0.2, -0.15) is 0 Å². The van der Waals surface area contributed by atoms with Crippen LogP contribution in [0.1, 0.15) is 19.3 Å². The third kappa shape index (κ3) is 4.37. The van der Waals surface area contributed by atoms with Crippen molar-refractivity contribution in [1.82, 2.24) is 15.5 Å². The summed E-state index contributed by atoms with van der Waals surface area (Å²) < 4.78 is 0. The molecule has 0 atom stereocenters. The fraction of sp³-hybridized carbons (Fsp3) is 1.00. The lowest BCUT2D eigenvalue weighted by atomic mass is 10.1. The predicted octanol–water partition coefficient (Wildman–Crippen LogP) is -0.434. The molecular formula is C10H24N4. The molecule has 4 heteroatoms. The first-order valence-corrected chi connectivity index (χ1v) is 5.67. The van der Waals surface area contributed by atoms with Gasteiger partial charge in [-0.3, -0.25) is 0 Å². The van der Waals surface area contributed by atoms with Crippen LogP contribution in [-0.2, 0) is 0 Å². The van der Waals surface area contributed by atoms with E-state index in [1.165, 1.54) is 38.9 Å². The molecule has 0 aromatic carbocycles. The number of rotatable bonds is 6. The van der Waals surface area contributed by atoms with Gasteiger partial charge >= 0.3 is 0 Å². The third-order valence-electron chi connectivity index (χ3n) is 2.97. The molecule has 1 rings (SSSR count). The van der Waals surface area contributed by atoms with Crippen LogP contribution < -0.4 is 16.4 Å². The predicted molar refractivity (Wildman–Crippen MR) is 60.2 cm³/mol. The summed E-state index contributed by atoms with van der Waals surface area (Å²) in [4.78, 5) is 2.55. The standard InChI is InChI=1S/C10H24N4/c1-12-10-3-7-14(8-4-10)6-2-5-13-9-11/h10,12-13H,2-9,11H2,1H3. The second-order valence-electron chi connectivity index (χ2n) is 3.96. The van der Waals surface area contributed by atoms with Gasteiger partial charge in [0.05, 0.1) is 0 Å². The molecule has 0 saturated carbocycles. The molecule has 0 unspecified atom stereocenters. The molecule has 1 fully saturated rings. The van der Waals surface area contributed by atoms with E-state index in [9.17, 15) is 0 Å². The number of hydrogen-bond acceptors (Lipinski definition) is 4. The van der Waals surface area contributed by atoms with Crippen LogP contribution in [0.25, 0.3) is 0 Å². The van der Waals surface area contributed by atoms with E-state index in [1.54, 1.807) is 0 Å². The Labute approximate surface area is 87.2 Å². The van der Waals surface area contributed by atoms with E-state index in [2.05, 4.69) is 22.6 Å². The molecule has 14 heavy (non-hydrogen) atoms. The summed E-state index contributed by atoms with van der Waals surface area (Å²) in [5.41, 5.74) is 5.35. The molecule has 0 aromatic rings. The number of likely N-dealkylation sites (tertiary alicyclic amines) is 1. The van der Waals surface area contributed by atoms with E-state index in [0.29, 0.717) is 6.67 Å². The van der Waals surface area contributed by atoms with E-state index >= 15 is 0 Å². The van der Waals surface area contributed by atoms with Crippen LogP contribution in [0.2, 0.25) is 0 Å². The molecule has 0 radical (unpaired) electrons. The average Bonchev–Trinajstić information content (AvgIpc) is 2.25. The summed E-state index contributed by atoms with van der Waals surface area (Å²) >= 11 is 0. The normalized spacial score (nSPS) is 20.1. The topological polar surface area (TPSA) is 53.3 Å². The zero-order chi connectivity index (χ0) is 10.2. The van der Waals surface area contributed by atoms with Crippen molar-refractivity contribution < 1.29 is 0 Å². The fourth-order valence-electron chi connectivity index (χ4n) is 1.97. The Hall–Kier alpha value is -0.160. The highest BCUT2D eigenvalue weighted by molar-refractivity contribution is 4.75. The van der Waals surface area contributed by atoms with Crippen molar-refractivity contribution in [3.05, 3.63) is 0 Å². The van der Waals surface area contributed by atoms with Gasteiger partial charge < -0.3 is 21.3 Å². The van der Waals surface area contributed by atoms with Gasteiger partial charge in [0.25, 0.3) is 0 Å². The Morgan fingerprint density at radius 1 is 1.36 bits per heavy atom. The lowest BCUT2D eigenvalue weighted by Gasteiger charge is -2.31. The maximum atomic E-state index is 5.35. The van der Waals surface area contributed by atoms with E-state index < -0.39 is 0 Å². The summed E-state index contributed by atoms with van der Waals surface area (Å²) in [7, 11) is 2.06. The SMILES string of the molecule is CNC1CCN(CCCNCN)CC1. The number of piperidine rings is 1. The van der Waals surface area contributed by atoms with Crippen molar-refractivity contribution in [2.75, 3.05) is 39.9 Å². The Morgan fingerprint density at radius 3 is 2.64 bits per heavy atom. The van der Waals surface area contributed by atoms with Crippen molar-refractivity contribution in [1.29, 1.82) is 0 Å². The third-order valence-corrected chi connectivity index (χ3v) is 2.97. The summed E-state index contributed by atoms with van der Waals surface area (Å²) in [6.07, 6.45) is 3.79. The molecule has 1 saturated heterocycles. The number of nitrogens with zero attached hydrogens (tertiary/aromatic N) is 1. The molecule has 84 valence electrons. The molecule has 1 heterocycles. The zero-order valence-electron chi connectivity index (χ0n) is 9.26. The molecule has 0 aliphatic carbocycles. The quantitative estimate of drug-likeness (QED) is 0.402. The van der Waals surface area contributed by atoms with Gasteiger partial charge in [0, 0.05) is 12.7 Å². The van der Waals surface area contributed by atoms with Gasteiger partial charge in [-0.15, -0.1) is 0 Å². The maximum absolute atomic E-state index is 5.35. The van der Waals surface area contributed by atoms with Gasteiger partial charge in [-0.05, 0) is 52.5 Å². The summed E-state index contributed by atoms with van der Waals surface area (Å²) in [6, 6.07) is 0.744. The highest BCUT2D eigenvalue weighted by Gasteiger charge is 2.16. The second kappa shape index (κ2) is 7.17. The highest BCUT2D eigenvalue weighted by Crippen LogP contribution is 2.09. The van der Waals surface area contributed by atoms with Crippen LogP contribution in [0.4, 0.5) is 0 Å². The van der Waals surface area contributed by atoms with Crippen molar-refractivity contribution >= 4 is 0 Å². The van der Waals surface area contributed by atoms with Gasteiger partial charge in [0.2, 0.25) is 0 Å². The molecule has 4 N–H and O–H groups in total. The summed E-state index contributed by atoms with van der Waals surface area (Å²) in [5.74, 6) is 0. The first-order chi connectivity index (χ1) is 6.86. The Morgan fingerprint density at radius 2 is 2.07 bits per heavy atom. The van der Waals surface area contributed by atoms with Crippen LogP contribution in [0.3, 0.4) is 0 Å². The lowest BCUT2D eigenvalue weighted by molar-refractivity contribution is 0.199. The van der Waals surface area contributed by atoms with Crippen LogP contribution in [0, 0.1) is 0 Å². The van der Waals surface area contributed by atoms with E-state index in [4.69, 9.17) is 5.73 Å². The zero-order valence-corrected chi connectivity index (χ0v) is 9.26. The maximum Gasteiger partial charge on any atom is 0.0428 e. The van der Waals surface area contributed by atoms with E-state index in [0.717, 1.165) is 12.6 Å². The van der Waals surface area contributed by atoms with Crippen LogP contribution in [-0.4, -0.2) is 50.8 Å². The molecule has 1 aliphatic rings. The fourth-order valence-corrected chi connectivity index (χ4v) is 1.97. The number of nitrogens with two attached hydrogens (primary N) is 1. The Kier molecular flexibility index (Phi) is 6.10. The van der Waals surface area contributed by atoms with Gasteiger partial charge in [-0.25, -0.2) is 0 Å². The number of hydrogen-bond donors (Lipinski definition) is 3. The first kappa shape index (κ1) is 11.9. The lowest BCUT2D eigenvalue weighted by Crippen LogP contribution is -2.42. The molecule has 0 spiro atoms. The largest absolute Gasteiger partial charge is 0.318 e. The second-order valence-corrected chi connectivity index (χ2v) is 3.96. The van der Waals surface area contributed by atoms with Crippen molar-refractivity contribution in [2.45, 2.75) is 25.3 Å². The van der Waals surface area contributed by atoms with Gasteiger partial charge in [-0.1, -0.05) is 0 Å². The minimum atomic E-state index is 0.599. The van der Waals surface area contributed by atoms with Crippen molar-refractivity contribution in [3.63, 3.8) is 0 Å². The molecule has 0 aromatic heterocycles. The van der Waals surface area contributed by atoms with E-state index in [-0.39, 0.29) is 0 Å². The molecule has 4 nitrogen and oxygen atoms in total. The molecular weight excluding hydrogens is 176 g/mol. The van der Waals surface area contributed by atoms with Gasteiger partial charge in [0.1, 0.15) is 0 Å². The Balaban J connectivity index is 1.98. The molecule has 0 amide bonds. The van der Waals surface area contributed by atoms with Gasteiger partial charge in [0.15, 0.2) is 0 Å². The average molecular weight is 200 g/mol. The van der Waals surface area contributed by atoms with Crippen molar-refractivity contribution in [2.24, 2.45) is 5.73 Å².